The molecule has 0 spiro atoms. The van der Waals surface area contributed by atoms with E-state index >= 15 is 0 Å². The average Bonchev–Trinajstić information content (AvgIpc) is 2.65. The quantitative estimate of drug-likeness (QED) is 0.819. The Hall–Kier alpha value is -1.36. The first-order valence-electron chi connectivity index (χ1n) is 5.83. The van der Waals surface area contributed by atoms with Crippen molar-refractivity contribution < 1.29 is 9.53 Å². The molecule has 0 saturated heterocycles. The van der Waals surface area contributed by atoms with Gasteiger partial charge in [-0.05, 0) is 32.0 Å². The van der Waals surface area contributed by atoms with E-state index in [1.54, 1.807) is 6.92 Å². The monoisotopic (exact) mass is 310 g/mol. The number of halogens is 1. The predicted octanol–water partition coefficient (Wildman–Crippen LogP) is 3.00. The number of nitrogens with zero attached hydrogens (tertiary/aromatic N) is 2. The van der Waals surface area contributed by atoms with Gasteiger partial charge in [0.1, 0.15) is 11.7 Å². The van der Waals surface area contributed by atoms with Crippen LogP contribution in [0.15, 0.2) is 22.7 Å². The zero-order valence-electron chi connectivity index (χ0n) is 10.6. The molecule has 0 amide bonds. The van der Waals surface area contributed by atoms with E-state index in [1.807, 2.05) is 36.7 Å². The predicted molar refractivity (Wildman–Crippen MR) is 73.5 cm³/mol. The van der Waals surface area contributed by atoms with Gasteiger partial charge in [0.25, 0.3) is 0 Å². The van der Waals surface area contributed by atoms with Gasteiger partial charge in [-0.2, -0.15) is 0 Å². The van der Waals surface area contributed by atoms with Crippen LogP contribution in [0.25, 0.3) is 11.0 Å². The fourth-order valence-electron chi connectivity index (χ4n) is 1.95. The summed E-state index contributed by atoms with van der Waals surface area (Å²) < 4.78 is 7.94. The summed E-state index contributed by atoms with van der Waals surface area (Å²) in [6.07, 6.45) is 0. The molecule has 1 aromatic heterocycles. The Morgan fingerprint density at radius 3 is 2.94 bits per heavy atom. The largest absolute Gasteiger partial charge is 0.465 e. The van der Waals surface area contributed by atoms with Gasteiger partial charge in [-0.25, -0.2) is 4.98 Å². The molecule has 96 valence electrons. The molecule has 1 unspecified atom stereocenters. The number of carbonyl (C=O) groups excluding carboxylic acids is 1. The van der Waals surface area contributed by atoms with Crippen LogP contribution in [-0.4, -0.2) is 22.1 Å². The third-order valence-electron chi connectivity index (χ3n) is 2.90. The zero-order chi connectivity index (χ0) is 13.3. The van der Waals surface area contributed by atoms with Crippen molar-refractivity contribution in [2.45, 2.75) is 19.8 Å². The number of carbonyl (C=O) groups is 1. The number of esters is 1. The van der Waals surface area contributed by atoms with Gasteiger partial charge in [-0.3, -0.25) is 4.79 Å². The Bertz CT molecular complexity index is 592. The first kappa shape index (κ1) is 13.1. The molecule has 0 aliphatic heterocycles. The van der Waals surface area contributed by atoms with Crippen molar-refractivity contribution in [3.05, 3.63) is 28.5 Å². The molecule has 18 heavy (non-hydrogen) atoms. The van der Waals surface area contributed by atoms with E-state index in [9.17, 15) is 4.79 Å². The first-order chi connectivity index (χ1) is 8.54. The molecule has 0 saturated carbocycles. The van der Waals surface area contributed by atoms with Gasteiger partial charge < -0.3 is 9.30 Å². The molecular formula is C13H15BrN2O2. The van der Waals surface area contributed by atoms with Crippen molar-refractivity contribution >= 4 is 32.9 Å². The number of aromatic nitrogens is 2. The molecular weight excluding hydrogens is 296 g/mol. The van der Waals surface area contributed by atoms with Crippen molar-refractivity contribution in [1.29, 1.82) is 0 Å². The molecule has 1 heterocycles. The molecule has 0 aliphatic rings. The van der Waals surface area contributed by atoms with Crippen LogP contribution in [0, 0.1) is 0 Å². The Morgan fingerprint density at radius 2 is 2.28 bits per heavy atom. The van der Waals surface area contributed by atoms with E-state index in [2.05, 4.69) is 20.9 Å². The minimum Gasteiger partial charge on any atom is -0.465 e. The molecule has 1 aromatic carbocycles. The molecule has 1 atom stereocenters. The number of fused-ring (bicyclic) bond motifs is 1. The minimum absolute atomic E-state index is 0.241. The van der Waals surface area contributed by atoms with Crippen LogP contribution in [0.3, 0.4) is 0 Å². The van der Waals surface area contributed by atoms with Crippen LogP contribution in [-0.2, 0) is 16.6 Å². The Kier molecular flexibility index (Phi) is 3.71. The molecule has 4 nitrogen and oxygen atoms in total. The maximum Gasteiger partial charge on any atom is 0.316 e. The lowest BCUT2D eigenvalue weighted by atomic mass is 10.2. The smallest absolute Gasteiger partial charge is 0.316 e. The number of imidazole rings is 1. The van der Waals surface area contributed by atoms with Crippen molar-refractivity contribution in [3.8, 4) is 0 Å². The van der Waals surface area contributed by atoms with Gasteiger partial charge in [-0.1, -0.05) is 15.9 Å². The Balaban J connectivity index is 2.45. The highest BCUT2D eigenvalue weighted by Gasteiger charge is 2.22. The number of rotatable bonds is 3. The molecule has 0 bridgehead atoms. The van der Waals surface area contributed by atoms with Gasteiger partial charge >= 0.3 is 5.97 Å². The van der Waals surface area contributed by atoms with Crippen LogP contribution < -0.4 is 0 Å². The molecule has 0 fully saturated rings. The first-order valence-corrected chi connectivity index (χ1v) is 6.62. The summed E-state index contributed by atoms with van der Waals surface area (Å²) >= 11 is 3.42. The van der Waals surface area contributed by atoms with E-state index in [-0.39, 0.29) is 11.9 Å². The fourth-order valence-corrected chi connectivity index (χ4v) is 2.30. The lowest BCUT2D eigenvalue weighted by Gasteiger charge is -2.10. The lowest BCUT2D eigenvalue weighted by Crippen LogP contribution is -2.16. The molecule has 0 radical (unpaired) electrons. The second-order valence-electron chi connectivity index (χ2n) is 4.14. The maximum atomic E-state index is 11.8. The van der Waals surface area contributed by atoms with Gasteiger partial charge in [0.05, 0.1) is 17.6 Å². The summed E-state index contributed by atoms with van der Waals surface area (Å²) in [6, 6.07) is 5.88. The van der Waals surface area contributed by atoms with Gasteiger partial charge in [0, 0.05) is 11.5 Å². The SMILES string of the molecule is CCOC(=O)C(C)c1nc2cc(Br)ccc2n1C. The highest BCUT2D eigenvalue weighted by molar-refractivity contribution is 9.10. The number of benzene rings is 1. The van der Waals surface area contributed by atoms with E-state index in [1.165, 1.54) is 0 Å². The number of aryl methyl sites for hydroxylation is 1. The molecule has 0 N–H and O–H groups in total. The van der Waals surface area contributed by atoms with Crippen LogP contribution in [0.5, 0.6) is 0 Å². The molecule has 2 aromatic rings. The van der Waals surface area contributed by atoms with Crippen LogP contribution in [0.2, 0.25) is 0 Å². The van der Waals surface area contributed by atoms with Gasteiger partial charge in [0.15, 0.2) is 0 Å². The summed E-state index contributed by atoms with van der Waals surface area (Å²) in [5.74, 6) is 0.123. The summed E-state index contributed by atoms with van der Waals surface area (Å²) in [5, 5.41) is 0. The van der Waals surface area contributed by atoms with E-state index in [0.717, 1.165) is 21.3 Å². The number of ether oxygens (including phenoxy) is 1. The third kappa shape index (κ3) is 2.27. The average molecular weight is 311 g/mol. The standard InChI is InChI=1S/C13H15BrN2O2/c1-4-18-13(17)8(2)12-15-10-7-9(14)5-6-11(10)16(12)3/h5-8H,4H2,1-3H3. The van der Waals surface area contributed by atoms with Crippen molar-refractivity contribution in [1.82, 2.24) is 9.55 Å². The van der Waals surface area contributed by atoms with Crippen molar-refractivity contribution in [2.75, 3.05) is 6.61 Å². The van der Waals surface area contributed by atoms with Crippen LogP contribution >= 0.6 is 15.9 Å². The maximum absolute atomic E-state index is 11.8. The Morgan fingerprint density at radius 1 is 1.56 bits per heavy atom. The van der Waals surface area contributed by atoms with E-state index in [0.29, 0.717) is 6.61 Å². The highest BCUT2D eigenvalue weighted by Crippen LogP contribution is 2.24. The summed E-state index contributed by atoms with van der Waals surface area (Å²) in [5.41, 5.74) is 1.88. The highest BCUT2D eigenvalue weighted by atomic mass is 79.9. The fraction of sp³-hybridized carbons (Fsp3) is 0.385. The minimum atomic E-state index is -0.360. The zero-order valence-corrected chi connectivity index (χ0v) is 12.2. The second-order valence-corrected chi connectivity index (χ2v) is 5.05. The van der Waals surface area contributed by atoms with E-state index in [4.69, 9.17) is 4.74 Å². The summed E-state index contributed by atoms with van der Waals surface area (Å²) in [7, 11) is 1.91. The summed E-state index contributed by atoms with van der Waals surface area (Å²) in [6.45, 7) is 4.00. The van der Waals surface area contributed by atoms with Crippen LogP contribution in [0.4, 0.5) is 0 Å². The normalized spacial score (nSPS) is 12.7. The lowest BCUT2D eigenvalue weighted by molar-refractivity contribution is -0.144. The van der Waals surface area contributed by atoms with E-state index < -0.39 is 0 Å². The van der Waals surface area contributed by atoms with Gasteiger partial charge in [-0.15, -0.1) is 0 Å². The molecule has 0 aliphatic carbocycles. The van der Waals surface area contributed by atoms with Gasteiger partial charge in [0.2, 0.25) is 0 Å². The summed E-state index contributed by atoms with van der Waals surface area (Å²) in [4.78, 5) is 16.3. The Labute approximate surface area is 114 Å². The van der Waals surface area contributed by atoms with Crippen LogP contribution in [0.1, 0.15) is 25.6 Å². The second kappa shape index (κ2) is 5.10. The topological polar surface area (TPSA) is 44.1 Å². The van der Waals surface area contributed by atoms with Crippen molar-refractivity contribution in [3.63, 3.8) is 0 Å². The molecule has 5 heteroatoms. The third-order valence-corrected chi connectivity index (χ3v) is 3.40. The number of hydrogen-bond donors (Lipinski definition) is 0. The molecule has 2 rings (SSSR count). The van der Waals surface area contributed by atoms with Crippen molar-refractivity contribution in [2.24, 2.45) is 7.05 Å². The number of hydrogen-bond acceptors (Lipinski definition) is 3.